The van der Waals surface area contributed by atoms with Crippen molar-refractivity contribution in [2.24, 2.45) is 0 Å². The molecule has 0 unspecified atom stereocenters. The maximum absolute atomic E-state index is 11.3. The second kappa shape index (κ2) is 4.42. The fourth-order valence-electron chi connectivity index (χ4n) is 1.38. The van der Waals surface area contributed by atoms with E-state index in [1.807, 2.05) is 11.9 Å². The monoisotopic (exact) mass is 172 g/mol. The molecular weight excluding hydrogens is 156 g/mol. The topological polar surface area (TPSA) is 43.8 Å². The molecule has 1 heterocycles. The molecule has 1 amide bonds. The minimum absolute atomic E-state index is 0.136. The zero-order valence-electron chi connectivity index (χ0n) is 7.49. The van der Waals surface area contributed by atoms with Crippen molar-refractivity contribution in [3.63, 3.8) is 0 Å². The molecule has 0 aromatic rings. The molecule has 1 fully saturated rings. The van der Waals surface area contributed by atoms with Crippen LogP contribution in [-0.4, -0.2) is 60.6 Å². The van der Waals surface area contributed by atoms with Gasteiger partial charge < -0.3 is 10.0 Å². The summed E-state index contributed by atoms with van der Waals surface area (Å²) in [4.78, 5) is 15.0. The van der Waals surface area contributed by atoms with Crippen LogP contribution in [0, 0.1) is 0 Å². The third kappa shape index (κ3) is 2.46. The summed E-state index contributed by atoms with van der Waals surface area (Å²) < 4.78 is 0. The number of hydrogen-bond donors (Lipinski definition) is 1. The quantitative estimate of drug-likeness (QED) is 0.589. The molecule has 70 valence electrons. The van der Waals surface area contributed by atoms with Crippen LogP contribution in [0.5, 0.6) is 0 Å². The molecule has 0 aromatic heterocycles. The SMILES string of the molecule is CN1CCCN(CCO)CC1=O. The molecule has 12 heavy (non-hydrogen) atoms. The molecule has 4 heteroatoms. The molecule has 1 N–H and O–H groups in total. The van der Waals surface area contributed by atoms with Gasteiger partial charge in [-0.3, -0.25) is 9.69 Å². The van der Waals surface area contributed by atoms with E-state index in [1.165, 1.54) is 0 Å². The number of rotatable bonds is 2. The average molecular weight is 172 g/mol. The summed E-state index contributed by atoms with van der Waals surface area (Å²) in [6, 6.07) is 0. The minimum Gasteiger partial charge on any atom is -0.395 e. The highest BCUT2D eigenvalue weighted by Gasteiger charge is 2.17. The maximum atomic E-state index is 11.3. The average Bonchev–Trinajstić information content (AvgIpc) is 2.16. The summed E-state index contributed by atoms with van der Waals surface area (Å²) in [5.41, 5.74) is 0. The smallest absolute Gasteiger partial charge is 0.236 e. The number of amides is 1. The minimum atomic E-state index is 0.136. The normalized spacial score (nSPS) is 21.2. The summed E-state index contributed by atoms with van der Waals surface area (Å²) in [6.07, 6.45) is 1.00. The maximum Gasteiger partial charge on any atom is 0.236 e. The lowest BCUT2D eigenvalue weighted by atomic mass is 10.4. The Hall–Kier alpha value is -0.610. The van der Waals surface area contributed by atoms with Crippen LogP contribution in [0.25, 0.3) is 0 Å². The molecule has 0 bridgehead atoms. The van der Waals surface area contributed by atoms with Gasteiger partial charge in [0.1, 0.15) is 0 Å². The third-order valence-electron chi connectivity index (χ3n) is 2.17. The molecule has 0 aliphatic carbocycles. The molecule has 1 aliphatic rings. The van der Waals surface area contributed by atoms with E-state index in [-0.39, 0.29) is 12.5 Å². The first-order valence-corrected chi connectivity index (χ1v) is 4.31. The van der Waals surface area contributed by atoms with Gasteiger partial charge in [-0.1, -0.05) is 0 Å². The van der Waals surface area contributed by atoms with Crippen LogP contribution in [0.4, 0.5) is 0 Å². The van der Waals surface area contributed by atoms with E-state index in [0.29, 0.717) is 13.1 Å². The van der Waals surface area contributed by atoms with Gasteiger partial charge in [0, 0.05) is 26.7 Å². The molecule has 1 rings (SSSR count). The van der Waals surface area contributed by atoms with Gasteiger partial charge in [-0.15, -0.1) is 0 Å². The molecule has 0 aromatic carbocycles. The summed E-state index contributed by atoms with van der Waals surface area (Å²) in [6.45, 7) is 2.95. The Balaban J connectivity index is 2.42. The van der Waals surface area contributed by atoms with E-state index in [2.05, 4.69) is 0 Å². The second-order valence-corrected chi connectivity index (χ2v) is 3.17. The van der Waals surface area contributed by atoms with Crippen LogP contribution in [0.3, 0.4) is 0 Å². The molecule has 1 saturated heterocycles. The predicted octanol–water partition coefficient (Wildman–Crippen LogP) is -0.857. The van der Waals surface area contributed by atoms with Crippen molar-refractivity contribution in [1.82, 2.24) is 9.80 Å². The highest BCUT2D eigenvalue weighted by atomic mass is 16.3. The molecule has 4 nitrogen and oxygen atoms in total. The standard InChI is InChI=1S/C8H16N2O2/c1-9-3-2-4-10(5-6-11)7-8(9)12/h11H,2-7H2,1H3. The number of aliphatic hydroxyl groups excluding tert-OH is 1. The van der Waals surface area contributed by atoms with E-state index in [4.69, 9.17) is 5.11 Å². The first kappa shape index (κ1) is 9.48. The predicted molar refractivity (Wildman–Crippen MR) is 45.8 cm³/mol. The summed E-state index contributed by atoms with van der Waals surface area (Å²) in [7, 11) is 1.82. The molecule has 1 aliphatic heterocycles. The van der Waals surface area contributed by atoms with Gasteiger partial charge in [-0.25, -0.2) is 0 Å². The van der Waals surface area contributed by atoms with Gasteiger partial charge in [-0.05, 0) is 6.42 Å². The largest absolute Gasteiger partial charge is 0.395 e. The first-order valence-electron chi connectivity index (χ1n) is 4.31. The Bertz CT molecular complexity index is 161. The van der Waals surface area contributed by atoms with E-state index in [0.717, 1.165) is 19.5 Å². The molecule has 0 radical (unpaired) electrons. The Morgan fingerprint density at radius 2 is 2.25 bits per heavy atom. The number of carbonyl (C=O) groups is 1. The lowest BCUT2D eigenvalue weighted by Crippen LogP contribution is -2.35. The number of carbonyl (C=O) groups excluding carboxylic acids is 1. The van der Waals surface area contributed by atoms with E-state index < -0.39 is 0 Å². The van der Waals surface area contributed by atoms with Crippen LogP contribution in [0.2, 0.25) is 0 Å². The molecule has 0 saturated carbocycles. The second-order valence-electron chi connectivity index (χ2n) is 3.17. The third-order valence-corrected chi connectivity index (χ3v) is 2.17. The first-order chi connectivity index (χ1) is 5.74. The number of nitrogens with zero attached hydrogens (tertiary/aromatic N) is 2. The zero-order valence-corrected chi connectivity index (χ0v) is 7.49. The Kier molecular flexibility index (Phi) is 3.49. The summed E-state index contributed by atoms with van der Waals surface area (Å²) in [5.74, 6) is 0.154. The van der Waals surface area contributed by atoms with Crippen LogP contribution in [-0.2, 0) is 4.79 Å². The van der Waals surface area contributed by atoms with E-state index in [1.54, 1.807) is 4.90 Å². The number of hydrogen-bond acceptors (Lipinski definition) is 3. The van der Waals surface area contributed by atoms with Gasteiger partial charge in [0.05, 0.1) is 13.2 Å². The van der Waals surface area contributed by atoms with Crippen molar-refractivity contribution in [2.75, 3.05) is 39.8 Å². The van der Waals surface area contributed by atoms with Crippen molar-refractivity contribution < 1.29 is 9.90 Å². The van der Waals surface area contributed by atoms with Crippen molar-refractivity contribution in [3.8, 4) is 0 Å². The van der Waals surface area contributed by atoms with Crippen LogP contribution >= 0.6 is 0 Å². The van der Waals surface area contributed by atoms with E-state index >= 15 is 0 Å². The van der Waals surface area contributed by atoms with E-state index in [9.17, 15) is 4.79 Å². The van der Waals surface area contributed by atoms with Crippen LogP contribution in [0.15, 0.2) is 0 Å². The molecule has 0 atom stereocenters. The number of likely N-dealkylation sites (N-methyl/N-ethyl adjacent to an activating group) is 1. The highest BCUT2D eigenvalue weighted by Crippen LogP contribution is 2.01. The molecule has 0 spiro atoms. The Morgan fingerprint density at radius 1 is 1.50 bits per heavy atom. The van der Waals surface area contributed by atoms with Crippen molar-refractivity contribution in [1.29, 1.82) is 0 Å². The van der Waals surface area contributed by atoms with Gasteiger partial charge >= 0.3 is 0 Å². The zero-order chi connectivity index (χ0) is 8.97. The van der Waals surface area contributed by atoms with Gasteiger partial charge in [0.25, 0.3) is 0 Å². The highest BCUT2D eigenvalue weighted by molar-refractivity contribution is 5.78. The van der Waals surface area contributed by atoms with Crippen molar-refractivity contribution in [3.05, 3.63) is 0 Å². The lowest BCUT2D eigenvalue weighted by Gasteiger charge is -2.17. The van der Waals surface area contributed by atoms with Gasteiger partial charge in [-0.2, -0.15) is 0 Å². The number of aliphatic hydroxyl groups is 1. The van der Waals surface area contributed by atoms with Crippen LogP contribution in [0.1, 0.15) is 6.42 Å². The van der Waals surface area contributed by atoms with Crippen LogP contribution < -0.4 is 0 Å². The lowest BCUT2D eigenvalue weighted by molar-refractivity contribution is -0.129. The fourth-order valence-corrected chi connectivity index (χ4v) is 1.38. The Morgan fingerprint density at radius 3 is 2.92 bits per heavy atom. The van der Waals surface area contributed by atoms with Gasteiger partial charge in [0.15, 0.2) is 0 Å². The summed E-state index contributed by atoms with van der Waals surface area (Å²) >= 11 is 0. The van der Waals surface area contributed by atoms with Gasteiger partial charge in [0.2, 0.25) is 5.91 Å². The fraction of sp³-hybridized carbons (Fsp3) is 0.875. The molecular formula is C8H16N2O2. The number of β-amino-alcohol motifs (C(OH)–C–C–N with tert-alkyl or cyclic N) is 1. The Labute approximate surface area is 72.8 Å². The van der Waals surface area contributed by atoms with Crippen molar-refractivity contribution in [2.45, 2.75) is 6.42 Å². The van der Waals surface area contributed by atoms with Crippen molar-refractivity contribution >= 4 is 5.91 Å². The summed E-state index contributed by atoms with van der Waals surface area (Å²) in [5, 5.41) is 8.70.